The van der Waals surface area contributed by atoms with Gasteiger partial charge < -0.3 is 9.47 Å². The first-order chi connectivity index (χ1) is 9.69. The first kappa shape index (κ1) is 13.8. The number of nitrogens with zero attached hydrogens (tertiary/aromatic N) is 2. The van der Waals surface area contributed by atoms with E-state index >= 15 is 0 Å². The number of ether oxygens (including phenoxy) is 2. The first-order valence-electron chi connectivity index (χ1n) is 6.63. The zero-order chi connectivity index (χ0) is 14.1. The predicted octanol–water partition coefficient (Wildman–Crippen LogP) is 2.19. The smallest absolute Gasteiger partial charge is 0.300 e. The van der Waals surface area contributed by atoms with Gasteiger partial charge in [0.25, 0.3) is 11.6 Å². The van der Waals surface area contributed by atoms with Crippen LogP contribution in [-0.4, -0.2) is 28.9 Å². The molecule has 0 bridgehead atoms. The van der Waals surface area contributed by atoms with Gasteiger partial charge in [-0.15, -0.1) is 0 Å². The van der Waals surface area contributed by atoms with Crippen molar-refractivity contribution in [3.05, 3.63) is 32.1 Å². The highest BCUT2D eigenvalue weighted by Gasteiger charge is 2.23. The minimum Gasteiger partial charge on any atom is -0.456 e. The van der Waals surface area contributed by atoms with Crippen molar-refractivity contribution < 1.29 is 9.47 Å². The van der Waals surface area contributed by atoms with Gasteiger partial charge in [0, 0.05) is 10.1 Å². The number of rotatable bonds is 4. The van der Waals surface area contributed by atoms with Crippen LogP contribution in [0.1, 0.15) is 13.3 Å². The molecule has 0 unspecified atom stereocenters. The molecule has 6 heteroatoms. The molecule has 1 aromatic heterocycles. The second-order valence-corrected chi connectivity index (χ2v) is 6.04. The summed E-state index contributed by atoms with van der Waals surface area (Å²) in [6, 6.07) is 6.07. The molecule has 0 aliphatic carbocycles. The van der Waals surface area contributed by atoms with Gasteiger partial charge in [-0.3, -0.25) is 9.36 Å². The third-order valence-corrected chi connectivity index (χ3v) is 3.88. The van der Waals surface area contributed by atoms with Gasteiger partial charge in [-0.2, -0.15) is 4.98 Å². The van der Waals surface area contributed by atoms with Crippen LogP contribution in [0.25, 0.3) is 10.9 Å². The minimum absolute atomic E-state index is 0.00584. The molecule has 1 aliphatic rings. The van der Waals surface area contributed by atoms with E-state index in [1.54, 1.807) is 4.57 Å². The molecule has 20 heavy (non-hydrogen) atoms. The molecule has 0 spiro atoms. The lowest BCUT2D eigenvalue weighted by atomic mass is 10.2. The van der Waals surface area contributed by atoms with E-state index in [1.807, 2.05) is 25.1 Å². The molecule has 0 atom stereocenters. The maximum absolute atomic E-state index is 12.6. The number of fused-ring (bicyclic) bond motifs is 1. The van der Waals surface area contributed by atoms with Gasteiger partial charge in [0.1, 0.15) is 6.10 Å². The van der Waals surface area contributed by atoms with Gasteiger partial charge in [-0.05, 0) is 47.2 Å². The fraction of sp³-hybridized carbons (Fsp3) is 0.429. The Hall–Kier alpha value is -1.15. The van der Waals surface area contributed by atoms with Crippen LogP contribution in [0.4, 0.5) is 0 Å². The van der Waals surface area contributed by atoms with E-state index in [-0.39, 0.29) is 11.7 Å². The molecule has 0 radical (unpaired) electrons. The monoisotopic (exact) mass is 386 g/mol. The molecule has 0 saturated carbocycles. The van der Waals surface area contributed by atoms with Crippen molar-refractivity contribution in [1.29, 1.82) is 0 Å². The molecule has 5 nitrogen and oxygen atoms in total. The Morgan fingerprint density at radius 2 is 2.30 bits per heavy atom. The minimum atomic E-state index is -0.0365. The molecule has 0 N–H and O–H groups in total. The summed E-state index contributed by atoms with van der Waals surface area (Å²) in [6.07, 6.45) is 0.862. The Balaban J connectivity index is 2.13. The fourth-order valence-electron chi connectivity index (χ4n) is 2.11. The van der Waals surface area contributed by atoms with Crippen molar-refractivity contribution in [2.75, 3.05) is 13.2 Å². The molecular weight excluding hydrogens is 371 g/mol. The van der Waals surface area contributed by atoms with E-state index in [2.05, 4.69) is 27.6 Å². The van der Waals surface area contributed by atoms with Crippen LogP contribution < -0.4 is 10.3 Å². The van der Waals surface area contributed by atoms with Gasteiger partial charge in [0.2, 0.25) is 0 Å². The van der Waals surface area contributed by atoms with Crippen LogP contribution in [0, 0.1) is 3.57 Å². The summed E-state index contributed by atoms with van der Waals surface area (Å²) in [7, 11) is 0. The van der Waals surface area contributed by atoms with Crippen LogP contribution in [-0.2, 0) is 11.3 Å². The Bertz CT molecular complexity index is 695. The van der Waals surface area contributed by atoms with Gasteiger partial charge in [0.05, 0.1) is 24.1 Å². The molecule has 2 heterocycles. The Labute approximate surface area is 130 Å². The number of halogens is 1. The van der Waals surface area contributed by atoms with E-state index in [1.165, 1.54) is 0 Å². The van der Waals surface area contributed by atoms with Crippen LogP contribution >= 0.6 is 22.6 Å². The van der Waals surface area contributed by atoms with Crippen LogP contribution in [0.5, 0.6) is 6.01 Å². The van der Waals surface area contributed by atoms with Crippen molar-refractivity contribution in [3.8, 4) is 6.01 Å². The molecule has 1 saturated heterocycles. The normalized spacial score (nSPS) is 15.3. The third-order valence-electron chi connectivity index (χ3n) is 3.21. The number of benzene rings is 1. The van der Waals surface area contributed by atoms with Crippen molar-refractivity contribution >= 4 is 33.5 Å². The van der Waals surface area contributed by atoms with Crippen molar-refractivity contribution in [2.24, 2.45) is 0 Å². The predicted molar refractivity (Wildman–Crippen MR) is 84.2 cm³/mol. The average Bonchev–Trinajstić information content (AvgIpc) is 2.39. The first-order valence-corrected chi connectivity index (χ1v) is 7.71. The molecule has 1 aromatic carbocycles. The van der Waals surface area contributed by atoms with E-state index < -0.39 is 0 Å². The fourth-order valence-corrected chi connectivity index (χ4v) is 2.61. The van der Waals surface area contributed by atoms with Gasteiger partial charge in [0.15, 0.2) is 0 Å². The van der Waals surface area contributed by atoms with Crippen LogP contribution in [0.15, 0.2) is 23.0 Å². The zero-order valence-electron chi connectivity index (χ0n) is 11.1. The Morgan fingerprint density at radius 1 is 1.50 bits per heavy atom. The van der Waals surface area contributed by atoms with E-state index in [9.17, 15) is 4.79 Å². The summed E-state index contributed by atoms with van der Waals surface area (Å²) in [4.78, 5) is 17.1. The lowest BCUT2D eigenvalue weighted by molar-refractivity contribution is -0.0847. The second kappa shape index (κ2) is 5.69. The van der Waals surface area contributed by atoms with E-state index in [0.717, 1.165) is 9.99 Å². The summed E-state index contributed by atoms with van der Waals surface area (Å²) in [5.41, 5.74) is 0.642. The summed E-state index contributed by atoms with van der Waals surface area (Å²) in [5.74, 6) is 0. The maximum Gasteiger partial charge on any atom is 0.300 e. The van der Waals surface area contributed by atoms with Crippen molar-refractivity contribution in [3.63, 3.8) is 0 Å². The molecular formula is C14H15IN2O3. The summed E-state index contributed by atoms with van der Waals surface area (Å²) >= 11 is 2.20. The topological polar surface area (TPSA) is 53.4 Å². The molecule has 3 rings (SSSR count). The number of hydrogen-bond acceptors (Lipinski definition) is 4. The standard InChI is InChI=1S/C14H15IN2O3/c1-2-5-17-13(18)11-6-9(15)3-4-12(11)16-14(17)20-10-7-19-8-10/h3-4,6,10H,2,5,7-8H2,1H3. The molecule has 1 aliphatic heterocycles. The SMILES string of the molecule is CCCn1c(OC2COC2)nc2ccc(I)cc2c1=O. The summed E-state index contributed by atoms with van der Waals surface area (Å²) in [5, 5.41) is 0.641. The lowest BCUT2D eigenvalue weighted by Gasteiger charge is -2.27. The molecule has 2 aromatic rings. The van der Waals surface area contributed by atoms with Crippen molar-refractivity contribution in [2.45, 2.75) is 26.0 Å². The zero-order valence-corrected chi connectivity index (χ0v) is 13.3. The van der Waals surface area contributed by atoms with Crippen LogP contribution in [0.3, 0.4) is 0 Å². The number of aromatic nitrogens is 2. The quantitative estimate of drug-likeness (QED) is 0.757. The van der Waals surface area contributed by atoms with E-state index in [4.69, 9.17) is 9.47 Å². The molecule has 1 fully saturated rings. The molecule has 106 valence electrons. The second-order valence-electron chi connectivity index (χ2n) is 4.79. The van der Waals surface area contributed by atoms with Gasteiger partial charge >= 0.3 is 0 Å². The highest BCUT2D eigenvalue weighted by molar-refractivity contribution is 14.1. The average molecular weight is 386 g/mol. The largest absolute Gasteiger partial charge is 0.456 e. The number of hydrogen-bond donors (Lipinski definition) is 0. The Kier molecular flexibility index (Phi) is 3.93. The maximum atomic E-state index is 12.6. The Morgan fingerprint density at radius 3 is 2.95 bits per heavy atom. The van der Waals surface area contributed by atoms with Gasteiger partial charge in [-0.1, -0.05) is 6.92 Å². The lowest BCUT2D eigenvalue weighted by Crippen LogP contribution is -2.40. The third kappa shape index (κ3) is 2.54. The molecule has 0 amide bonds. The van der Waals surface area contributed by atoms with Crippen molar-refractivity contribution in [1.82, 2.24) is 9.55 Å². The highest BCUT2D eigenvalue weighted by Crippen LogP contribution is 2.18. The van der Waals surface area contributed by atoms with Gasteiger partial charge in [-0.25, -0.2) is 0 Å². The summed E-state index contributed by atoms with van der Waals surface area (Å²) < 4.78 is 13.5. The highest BCUT2D eigenvalue weighted by atomic mass is 127. The van der Waals surface area contributed by atoms with Crippen LogP contribution in [0.2, 0.25) is 0 Å². The summed E-state index contributed by atoms with van der Waals surface area (Å²) in [6.45, 7) is 3.76. The van der Waals surface area contributed by atoms with E-state index in [0.29, 0.717) is 36.7 Å².